The second-order valence-corrected chi connectivity index (χ2v) is 4.88. The standard InChI is InChI=1S/C12H16N2OS/c1-3-4-10-7-13-12(16-10)14-8-11-9(2)5-6-15-11/h5-7H,3-4,8H2,1-2H3,(H,13,14). The van der Waals surface area contributed by atoms with Crippen LogP contribution in [-0.4, -0.2) is 4.98 Å². The van der Waals surface area contributed by atoms with E-state index in [1.807, 2.05) is 19.2 Å². The number of nitrogens with one attached hydrogen (secondary N) is 1. The molecule has 0 bridgehead atoms. The van der Waals surface area contributed by atoms with Crippen molar-refractivity contribution in [2.24, 2.45) is 0 Å². The van der Waals surface area contributed by atoms with Crippen LogP contribution in [0, 0.1) is 6.92 Å². The fourth-order valence-corrected chi connectivity index (χ4v) is 2.40. The van der Waals surface area contributed by atoms with Crippen LogP contribution >= 0.6 is 11.3 Å². The lowest BCUT2D eigenvalue weighted by Gasteiger charge is -2.00. The zero-order chi connectivity index (χ0) is 11.4. The lowest BCUT2D eigenvalue weighted by Crippen LogP contribution is -1.98. The van der Waals surface area contributed by atoms with Gasteiger partial charge >= 0.3 is 0 Å². The molecule has 0 amide bonds. The first-order valence-corrected chi connectivity index (χ1v) is 6.32. The van der Waals surface area contributed by atoms with Crippen LogP contribution in [0.4, 0.5) is 5.13 Å². The molecule has 0 aliphatic rings. The van der Waals surface area contributed by atoms with Crippen molar-refractivity contribution in [2.75, 3.05) is 5.32 Å². The second kappa shape index (κ2) is 5.16. The third-order valence-corrected chi connectivity index (χ3v) is 3.43. The molecular weight excluding hydrogens is 220 g/mol. The van der Waals surface area contributed by atoms with E-state index in [0.29, 0.717) is 6.54 Å². The van der Waals surface area contributed by atoms with Gasteiger partial charge in [0, 0.05) is 11.1 Å². The van der Waals surface area contributed by atoms with Gasteiger partial charge in [0.05, 0.1) is 12.8 Å². The summed E-state index contributed by atoms with van der Waals surface area (Å²) in [5.74, 6) is 0.979. The van der Waals surface area contributed by atoms with E-state index < -0.39 is 0 Å². The average Bonchev–Trinajstić information content (AvgIpc) is 2.86. The van der Waals surface area contributed by atoms with E-state index in [-0.39, 0.29) is 0 Å². The third kappa shape index (κ3) is 2.64. The van der Waals surface area contributed by atoms with Crippen LogP contribution in [0.2, 0.25) is 0 Å². The Kier molecular flexibility index (Phi) is 3.62. The summed E-state index contributed by atoms with van der Waals surface area (Å²) in [5, 5.41) is 4.25. The molecule has 0 aliphatic carbocycles. The third-order valence-electron chi connectivity index (χ3n) is 2.42. The highest BCUT2D eigenvalue weighted by Gasteiger charge is 2.04. The molecule has 0 unspecified atom stereocenters. The van der Waals surface area contributed by atoms with E-state index in [2.05, 4.69) is 17.2 Å². The van der Waals surface area contributed by atoms with Crippen LogP contribution in [0.15, 0.2) is 22.9 Å². The van der Waals surface area contributed by atoms with Gasteiger partial charge in [-0.15, -0.1) is 11.3 Å². The number of aryl methyl sites for hydroxylation is 2. The zero-order valence-corrected chi connectivity index (χ0v) is 10.4. The molecule has 0 saturated heterocycles. The van der Waals surface area contributed by atoms with E-state index in [9.17, 15) is 0 Å². The molecule has 2 rings (SSSR count). The number of aromatic nitrogens is 1. The van der Waals surface area contributed by atoms with E-state index in [4.69, 9.17) is 4.42 Å². The largest absolute Gasteiger partial charge is 0.467 e. The van der Waals surface area contributed by atoms with Crippen LogP contribution < -0.4 is 5.32 Å². The summed E-state index contributed by atoms with van der Waals surface area (Å²) in [7, 11) is 0. The Bertz CT molecular complexity index is 447. The molecule has 86 valence electrons. The highest BCUT2D eigenvalue weighted by molar-refractivity contribution is 7.15. The number of hydrogen-bond acceptors (Lipinski definition) is 4. The average molecular weight is 236 g/mol. The molecule has 4 heteroatoms. The predicted octanol–water partition coefficient (Wildman–Crippen LogP) is 3.61. The first-order valence-electron chi connectivity index (χ1n) is 5.51. The van der Waals surface area contributed by atoms with Crippen molar-refractivity contribution < 1.29 is 4.42 Å². The SMILES string of the molecule is CCCc1cnc(NCc2occc2C)s1. The summed E-state index contributed by atoms with van der Waals surface area (Å²) in [6.45, 7) is 4.93. The van der Waals surface area contributed by atoms with Crippen LogP contribution in [0.3, 0.4) is 0 Å². The minimum Gasteiger partial charge on any atom is -0.467 e. The molecule has 0 saturated carbocycles. The van der Waals surface area contributed by atoms with Gasteiger partial charge in [-0.1, -0.05) is 13.3 Å². The van der Waals surface area contributed by atoms with Crippen molar-refractivity contribution in [1.29, 1.82) is 0 Å². The Morgan fingerprint density at radius 2 is 2.38 bits per heavy atom. The smallest absolute Gasteiger partial charge is 0.183 e. The van der Waals surface area contributed by atoms with E-state index in [0.717, 1.165) is 17.3 Å². The highest BCUT2D eigenvalue weighted by atomic mass is 32.1. The van der Waals surface area contributed by atoms with Gasteiger partial charge in [-0.05, 0) is 25.0 Å². The highest BCUT2D eigenvalue weighted by Crippen LogP contribution is 2.20. The van der Waals surface area contributed by atoms with E-state index >= 15 is 0 Å². The van der Waals surface area contributed by atoms with Crippen molar-refractivity contribution in [3.8, 4) is 0 Å². The van der Waals surface area contributed by atoms with Crippen molar-refractivity contribution in [3.05, 3.63) is 34.7 Å². The first kappa shape index (κ1) is 11.2. The first-order chi connectivity index (χ1) is 7.79. The Balaban J connectivity index is 1.92. The molecule has 0 aromatic carbocycles. The van der Waals surface area contributed by atoms with Crippen LogP contribution in [-0.2, 0) is 13.0 Å². The maximum Gasteiger partial charge on any atom is 0.183 e. The molecular formula is C12H16N2OS. The van der Waals surface area contributed by atoms with Gasteiger partial charge in [-0.25, -0.2) is 4.98 Å². The van der Waals surface area contributed by atoms with Crippen molar-refractivity contribution >= 4 is 16.5 Å². The van der Waals surface area contributed by atoms with Crippen LogP contribution in [0.25, 0.3) is 0 Å². The van der Waals surface area contributed by atoms with Crippen molar-refractivity contribution in [3.63, 3.8) is 0 Å². The minimum absolute atomic E-state index is 0.706. The van der Waals surface area contributed by atoms with E-state index in [1.165, 1.54) is 16.9 Å². The monoisotopic (exact) mass is 236 g/mol. The lowest BCUT2D eigenvalue weighted by atomic mass is 10.3. The van der Waals surface area contributed by atoms with Gasteiger partial charge < -0.3 is 9.73 Å². The molecule has 3 nitrogen and oxygen atoms in total. The lowest BCUT2D eigenvalue weighted by molar-refractivity contribution is 0.515. The maximum absolute atomic E-state index is 5.35. The molecule has 0 aliphatic heterocycles. The summed E-state index contributed by atoms with van der Waals surface area (Å²) in [5.41, 5.74) is 1.18. The zero-order valence-electron chi connectivity index (χ0n) is 9.62. The topological polar surface area (TPSA) is 38.1 Å². The molecule has 16 heavy (non-hydrogen) atoms. The molecule has 0 atom stereocenters. The van der Waals surface area contributed by atoms with Gasteiger partial charge in [0.25, 0.3) is 0 Å². The van der Waals surface area contributed by atoms with Gasteiger partial charge in [-0.3, -0.25) is 0 Å². The Morgan fingerprint density at radius 1 is 1.50 bits per heavy atom. The predicted molar refractivity (Wildman–Crippen MR) is 66.9 cm³/mol. The number of nitrogens with zero attached hydrogens (tertiary/aromatic N) is 1. The maximum atomic E-state index is 5.35. The Morgan fingerprint density at radius 3 is 3.06 bits per heavy atom. The second-order valence-electron chi connectivity index (χ2n) is 3.76. The van der Waals surface area contributed by atoms with E-state index in [1.54, 1.807) is 17.6 Å². The molecule has 0 fully saturated rings. The van der Waals surface area contributed by atoms with Gasteiger partial charge in [0.2, 0.25) is 0 Å². The van der Waals surface area contributed by atoms with Gasteiger partial charge in [0.15, 0.2) is 5.13 Å². The number of rotatable bonds is 5. The Labute approximate surface area is 99.5 Å². The molecule has 2 aromatic heterocycles. The number of furan rings is 1. The van der Waals surface area contributed by atoms with Crippen molar-refractivity contribution in [2.45, 2.75) is 33.2 Å². The quantitative estimate of drug-likeness (QED) is 0.861. The molecule has 2 heterocycles. The van der Waals surface area contributed by atoms with Crippen LogP contribution in [0.5, 0.6) is 0 Å². The summed E-state index contributed by atoms with van der Waals surface area (Å²) in [6.07, 6.45) is 5.94. The normalized spacial score (nSPS) is 10.6. The minimum atomic E-state index is 0.706. The van der Waals surface area contributed by atoms with Gasteiger partial charge in [-0.2, -0.15) is 0 Å². The fourth-order valence-electron chi connectivity index (χ4n) is 1.49. The summed E-state index contributed by atoms with van der Waals surface area (Å²) in [4.78, 5) is 5.66. The number of hydrogen-bond donors (Lipinski definition) is 1. The molecule has 0 spiro atoms. The van der Waals surface area contributed by atoms with Crippen LogP contribution in [0.1, 0.15) is 29.5 Å². The van der Waals surface area contributed by atoms with Crippen molar-refractivity contribution in [1.82, 2.24) is 4.98 Å². The summed E-state index contributed by atoms with van der Waals surface area (Å²) in [6, 6.07) is 1.97. The Hall–Kier alpha value is -1.29. The number of anilines is 1. The fraction of sp³-hybridized carbons (Fsp3) is 0.417. The van der Waals surface area contributed by atoms with Gasteiger partial charge in [0.1, 0.15) is 5.76 Å². The molecule has 2 aromatic rings. The molecule has 1 N–H and O–H groups in total. The molecule has 0 radical (unpaired) electrons. The summed E-state index contributed by atoms with van der Waals surface area (Å²) < 4.78 is 5.35. The number of thiazole rings is 1. The summed E-state index contributed by atoms with van der Waals surface area (Å²) >= 11 is 1.72.